The highest BCUT2D eigenvalue weighted by molar-refractivity contribution is 9.10. The van der Waals surface area contributed by atoms with E-state index < -0.39 is 4.92 Å². The van der Waals surface area contributed by atoms with E-state index in [1.54, 1.807) is 19.2 Å². The fourth-order valence-electron chi connectivity index (χ4n) is 2.95. The summed E-state index contributed by atoms with van der Waals surface area (Å²) >= 11 is 3.57. The van der Waals surface area contributed by atoms with Gasteiger partial charge in [0.05, 0.1) is 16.5 Å². The maximum atomic E-state index is 10.8. The van der Waals surface area contributed by atoms with Crippen molar-refractivity contribution in [3.8, 4) is 11.5 Å². The molecule has 0 spiro atoms. The van der Waals surface area contributed by atoms with Crippen LogP contribution in [0, 0.1) is 10.1 Å². The quantitative estimate of drug-likeness (QED) is 0.301. The van der Waals surface area contributed by atoms with Gasteiger partial charge >= 0.3 is 0 Å². The Hall–Kier alpha value is -3.06. The SMILES string of the molecule is CCc1ccc(NCc2cc(Br)c(OCc3ccc([N+](=O)[O-])cc3)c(OC)c2)cc1. The molecule has 0 amide bonds. The van der Waals surface area contributed by atoms with Crippen LogP contribution in [-0.2, 0) is 19.6 Å². The van der Waals surface area contributed by atoms with Gasteiger partial charge in [0.25, 0.3) is 5.69 Å². The number of rotatable bonds is 9. The minimum atomic E-state index is -0.421. The highest BCUT2D eigenvalue weighted by Gasteiger charge is 2.13. The number of non-ortho nitro benzene ring substituents is 1. The third-order valence-corrected chi connectivity index (χ3v) is 5.27. The van der Waals surface area contributed by atoms with E-state index in [0.717, 1.165) is 27.7 Å². The molecule has 0 saturated carbocycles. The summed E-state index contributed by atoms with van der Waals surface area (Å²) < 4.78 is 12.2. The number of halogens is 1. The standard InChI is InChI=1S/C23H23BrN2O4/c1-3-16-4-8-19(9-5-16)25-14-18-12-21(24)23(22(13-18)29-2)30-15-17-6-10-20(11-7-17)26(27)28/h4-13,25H,3,14-15H2,1-2H3. The van der Waals surface area contributed by atoms with E-state index in [1.165, 1.54) is 17.7 Å². The molecule has 0 heterocycles. The first-order valence-electron chi connectivity index (χ1n) is 9.55. The molecule has 0 atom stereocenters. The summed E-state index contributed by atoms with van der Waals surface area (Å²) in [6.45, 7) is 3.05. The highest BCUT2D eigenvalue weighted by atomic mass is 79.9. The number of nitrogens with one attached hydrogen (secondary N) is 1. The second-order valence-electron chi connectivity index (χ2n) is 6.73. The molecule has 0 aromatic heterocycles. The van der Waals surface area contributed by atoms with Crippen LogP contribution >= 0.6 is 15.9 Å². The molecule has 7 heteroatoms. The second kappa shape index (κ2) is 10.1. The molecular formula is C23H23BrN2O4. The number of nitro benzene ring substituents is 1. The normalized spacial score (nSPS) is 10.5. The van der Waals surface area contributed by atoms with Gasteiger partial charge in [0.1, 0.15) is 6.61 Å². The van der Waals surface area contributed by atoms with E-state index in [-0.39, 0.29) is 12.3 Å². The number of ether oxygens (including phenoxy) is 2. The van der Waals surface area contributed by atoms with Gasteiger partial charge in [-0.1, -0.05) is 19.1 Å². The molecule has 3 aromatic carbocycles. The molecule has 3 aromatic rings. The fraction of sp³-hybridized carbons (Fsp3) is 0.217. The van der Waals surface area contributed by atoms with Crippen molar-refractivity contribution in [2.75, 3.05) is 12.4 Å². The Kier molecular flexibility index (Phi) is 7.30. The number of hydrogen-bond acceptors (Lipinski definition) is 5. The first kappa shape index (κ1) is 21.6. The van der Waals surface area contributed by atoms with Crippen LogP contribution in [0.4, 0.5) is 11.4 Å². The molecule has 156 valence electrons. The van der Waals surface area contributed by atoms with Gasteiger partial charge in [0.15, 0.2) is 11.5 Å². The van der Waals surface area contributed by atoms with Crippen LogP contribution in [0.1, 0.15) is 23.6 Å². The molecule has 0 fully saturated rings. The van der Waals surface area contributed by atoms with Crippen molar-refractivity contribution >= 4 is 27.3 Å². The molecule has 0 saturated heterocycles. The zero-order valence-corrected chi connectivity index (χ0v) is 18.4. The summed E-state index contributed by atoms with van der Waals surface area (Å²) in [6.07, 6.45) is 1.02. The topological polar surface area (TPSA) is 73.6 Å². The van der Waals surface area contributed by atoms with E-state index in [1.807, 2.05) is 12.1 Å². The second-order valence-corrected chi connectivity index (χ2v) is 7.58. The molecule has 0 aliphatic heterocycles. The predicted octanol–water partition coefficient (Wildman–Crippen LogP) is 6.12. The zero-order chi connectivity index (χ0) is 21.5. The summed E-state index contributed by atoms with van der Waals surface area (Å²) in [4.78, 5) is 10.3. The molecule has 6 nitrogen and oxygen atoms in total. The van der Waals surface area contributed by atoms with E-state index in [0.29, 0.717) is 18.0 Å². The molecular weight excluding hydrogens is 448 g/mol. The average molecular weight is 471 g/mol. The van der Waals surface area contributed by atoms with Crippen LogP contribution in [-0.4, -0.2) is 12.0 Å². The van der Waals surface area contributed by atoms with E-state index in [2.05, 4.69) is 52.4 Å². The molecule has 3 rings (SSSR count). The van der Waals surface area contributed by atoms with Gasteiger partial charge < -0.3 is 14.8 Å². The summed E-state index contributed by atoms with van der Waals surface area (Å²) in [6, 6.07) is 18.6. The zero-order valence-electron chi connectivity index (χ0n) is 16.9. The summed E-state index contributed by atoms with van der Waals surface area (Å²) in [5.74, 6) is 1.20. The van der Waals surface area contributed by atoms with Gasteiger partial charge in [-0.3, -0.25) is 10.1 Å². The van der Waals surface area contributed by atoms with Crippen LogP contribution in [0.2, 0.25) is 0 Å². The smallest absolute Gasteiger partial charge is 0.269 e. The van der Waals surface area contributed by atoms with Crippen molar-refractivity contribution in [2.45, 2.75) is 26.5 Å². The fourth-order valence-corrected chi connectivity index (χ4v) is 3.55. The van der Waals surface area contributed by atoms with Gasteiger partial charge in [-0.15, -0.1) is 0 Å². The summed E-state index contributed by atoms with van der Waals surface area (Å²) in [5, 5.41) is 14.2. The minimum Gasteiger partial charge on any atom is -0.493 e. The number of hydrogen-bond donors (Lipinski definition) is 1. The van der Waals surface area contributed by atoms with E-state index >= 15 is 0 Å². The van der Waals surface area contributed by atoms with Crippen LogP contribution in [0.3, 0.4) is 0 Å². The number of methoxy groups -OCH3 is 1. The first-order valence-corrected chi connectivity index (χ1v) is 10.3. The van der Waals surface area contributed by atoms with Crippen molar-refractivity contribution in [3.05, 3.63) is 91.9 Å². The van der Waals surface area contributed by atoms with E-state index in [4.69, 9.17) is 9.47 Å². The molecule has 0 radical (unpaired) electrons. The predicted molar refractivity (Wildman–Crippen MR) is 121 cm³/mol. The van der Waals surface area contributed by atoms with Crippen molar-refractivity contribution in [1.82, 2.24) is 0 Å². The summed E-state index contributed by atoms with van der Waals surface area (Å²) in [5.41, 5.74) is 4.29. The molecule has 30 heavy (non-hydrogen) atoms. The Morgan fingerprint density at radius 2 is 1.67 bits per heavy atom. The third kappa shape index (κ3) is 5.51. The molecule has 0 aliphatic rings. The lowest BCUT2D eigenvalue weighted by atomic mass is 10.1. The first-order chi connectivity index (χ1) is 14.5. The highest BCUT2D eigenvalue weighted by Crippen LogP contribution is 2.37. The Balaban J connectivity index is 1.67. The van der Waals surface area contributed by atoms with Gasteiger partial charge in [-0.25, -0.2) is 0 Å². The van der Waals surface area contributed by atoms with Crippen molar-refractivity contribution < 1.29 is 14.4 Å². The number of anilines is 1. The third-order valence-electron chi connectivity index (χ3n) is 4.68. The number of nitrogens with zero attached hydrogens (tertiary/aromatic N) is 1. The van der Waals surface area contributed by atoms with Crippen LogP contribution in [0.15, 0.2) is 65.1 Å². The molecule has 0 bridgehead atoms. The van der Waals surface area contributed by atoms with Gasteiger partial charge in [0.2, 0.25) is 0 Å². The van der Waals surface area contributed by atoms with Crippen LogP contribution in [0.25, 0.3) is 0 Å². The number of benzene rings is 3. The Morgan fingerprint density at radius 1 is 1.00 bits per heavy atom. The maximum Gasteiger partial charge on any atom is 0.269 e. The maximum absolute atomic E-state index is 10.8. The average Bonchev–Trinajstić information content (AvgIpc) is 2.77. The van der Waals surface area contributed by atoms with Gasteiger partial charge in [0, 0.05) is 24.4 Å². The Morgan fingerprint density at radius 3 is 2.27 bits per heavy atom. The minimum absolute atomic E-state index is 0.0544. The number of nitro groups is 1. The van der Waals surface area contributed by atoms with Crippen molar-refractivity contribution in [2.24, 2.45) is 0 Å². The Labute approximate surface area is 184 Å². The van der Waals surface area contributed by atoms with Gasteiger partial charge in [-0.2, -0.15) is 0 Å². The van der Waals surface area contributed by atoms with Gasteiger partial charge in [-0.05, 0) is 75.4 Å². The monoisotopic (exact) mass is 470 g/mol. The van der Waals surface area contributed by atoms with E-state index in [9.17, 15) is 10.1 Å². The van der Waals surface area contributed by atoms with Crippen molar-refractivity contribution in [1.29, 1.82) is 0 Å². The van der Waals surface area contributed by atoms with Crippen molar-refractivity contribution in [3.63, 3.8) is 0 Å². The summed E-state index contributed by atoms with van der Waals surface area (Å²) in [7, 11) is 1.60. The molecule has 0 unspecified atom stereocenters. The molecule has 1 N–H and O–H groups in total. The van der Waals surface area contributed by atoms with Crippen LogP contribution < -0.4 is 14.8 Å². The van der Waals surface area contributed by atoms with Crippen LogP contribution in [0.5, 0.6) is 11.5 Å². The lowest BCUT2D eigenvalue weighted by Gasteiger charge is -2.15. The molecule has 0 aliphatic carbocycles. The largest absolute Gasteiger partial charge is 0.493 e. The lowest BCUT2D eigenvalue weighted by molar-refractivity contribution is -0.384. The Bertz CT molecular complexity index is 1000. The lowest BCUT2D eigenvalue weighted by Crippen LogP contribution is -2.03. The number of aryl methyl sites for hydroxylation is 1.